The van der Waals surface area contributed by atoms with Gasteiger partial charge >= 0.3 is 0 Å². The maximum Gasteiger partial charge on any atom is 0.238 e. The summed E-state index contributed by atoms with van der Waals surface area (Å²) >= 11 is 12.1. The van der Waals surface area contributed by atoms with Crippen molar-refractivity contribution < 1.29 is 10.0 Å². The average molecular weight is 316 g/mol. The molecule has 2 rings (SSSR count). The van der Waals surface area contributed by atoms with Gasteiger partial charge in [-0.2, -0.15) is 0 Å². The fourth-order valence-electron chi connectivity index (χ4n) is 2.21. The van der Waals surface area contributed by atoms with Crippen LogP contribution in [0.5, 0.6) is 0 Å². The Labute approximate surface area is 126 Å². The van der Waals surface area contributed by atoms with Gasteiger partial charge in [-0.3, -0.25) is 4.79 Å². The Bertz CT molecular complexity index is 583. The molecular weight excluding hydrogens is 301 g/mol. The molecule has 0 spiro atoms. The summed E-state index contributed by atoms with van der Waals surface area (Å²) in [6.45, 7) is 1.82. The van der Waals surface area contributed by atoms with E-state index in [2.05, 4.69) is 10.5 Å². The molecule has 0 radical (unpaired) electrons. The van der Waals surface area contributed by atoms with E-state index in [1.165, 1.54) is 0 Å². The molecule has 1 aliphatic carbocycles. The predicted octanol–water partition coefficient (Wildman–Crippen LogP) is 3.16. The lowest BCUT2D eigenvalue weighted by Crippen LogP contribution is -2.51. The van der Waals surface area contributed by atoms with Crippen molar-refractivity contribution >= 4 is 40.6 Å². The molecule has 1 aromatic rings. The Balaban J connectivity index is 2.26. The lowest BCUT2D eigenvalue weighted by Gasteiger charge is -2.38. The van der Waals surface area contributed by atoms with E-state index in [1.54, 1.807) is 12.1 Å². The van der Waals surface area contributed by atoms with Gasteiger partial charge in [0.15, 0.2) is 5.84 Å². The van der Waals surface area contributed by atoms with Crippen molar-refractivity contribution in [1.29, 1.82) is 0 Å². The summed E-state index contributed by atoms with van der Waals surface area (Å²) in [6.07, 6.45) is 1.95. The van der Waals surface area contributed by atoms with Crippen molar-refractivity contribution in [1.82, 2.24) is 0 Å². The lowest BCUT2D eigenvalue weighted by molar-refractivity contribution is -0.125. The zero-order valence-corrected chi connectivity index (χ0v) is 12.4. The second-order valence-electron chi connectivity index (χ2n) is 4.96. The molecule has 4 N–H and O–H groups in total. The van der Waals surface area contributed by atoms with Crippen LogP contribution in [0, 0.1) is 12.3 Å². The highest BCUT2D eigenvalue weighted by molar-refractivity contribution is 6.36. The molecule has 0 unspecified atom stereocenters. The fraction of sp³-hybridized carbons (Fsp3) is 0.385. The highest BCUT2D eigenvalue weighted by atomic mass is 35.5. The van der Waals surface area contributed by atoms with Gasteiger partial charge in [-0.1, -0.05) is 34.8 Å². The SMILES string of the molecule is Cc1cc(Cl)c(NC(=O)C2(/C(N)=N/O)CCC2)cc1Cl. The van der Waals surface area contributed by atoms with Gasteiger partial charge < -0.3 is 16.3 Å². The van der Waals surface area contributed by atoms with Gasteiger partial charge in [0.2, 0.25) is 5.91 Å². The third-order valence-corrected chi connectivity index (χ3v) is 4.46. The molecule has 0 heterocycles. The van der Waals surface area contributed by atoms with Crippen LogP contribution in [0.3, 0.4) is 0 Å². The summed E-state index contributed by atoms with van der Waals surface area (Å²) in [5, 5.41) is 15.4. The summed E-state index contributed by atoms with van der Waals surface area (Å²) in [7, 11) is 0. The Morgan fingerprint density at radius 1 is 1.40 bits per heavy atom. The van der Waals surface area contributed by atoms with E-state index < -0.39 is 5.41 Å². The quantitative estimate of drug-likeness (QED) is 0.346. The number of hydrogen-bond acceptors (Lipinski definition) is 3. The predicted molar refractivity (Wildman–Crippen MR) is 79.5 cm³/mol. The number of rotatable bonds is 3. The molecule has 0 bridgehead atoms. The van der Waals surface area contributed by atoms with Crippen LogP contribution in [0.1, 0.15) is 24.8 Å². The van der Waals surface area contributed by atoms with Crippen LogP contribution >= 0.6 is 23.2 Å². The van der Waals surface area contributed by atoms with E-state index in [9.17, 15) is 4.79 Å². The summed E-state index contributed by atoms with van der Waals surface area (Å²) in [5.74, 6) is -0.406. The number of carbonyl (C=O) groups is 1. The van der Waals surface area contributed by atoms with Crippen molar-refractivity contribution in [3.05, 3.63) is 27.7 Å². The standard InChI is InChI=1S/C13H15Cl2N3O2/c1-7-5-9(15)10(6-8(7)14)17-12(19)13(3-2-4-13)11(16)18-20/h5-6,20H,2-4H2,1H3,(H2,16,18)(H,17,19). The van der Waals surface area contributed by atoms with Gasteiger partial charge in [0.1, 0.15) is 5.41 Å². The molecule has 0 atom stereocenters. The summed E-state index contributed by atoms with van der Waals surface area (Å²) in [4.78, 5) is 12.4. The number of aryl methyl sites for hydroxylation is 1. The number of anilines is 1. The molecule has 20 heavy (non-hydrogen) atoms. The summed E-state index contributed by atoms with van der Waals surface area (Å²) in [6, 6.07) is 3.27. The monoisotopic (exact) mass is 315 g/mol. The van der Waals surface area contributed by atoms with Gasteiger partial charge in [-0.05, 0) is 37.5 Å². The van der Waals surface area contributed by atoms with Crippen LogP contribution in [0.25, 0.3) is 0 Å². The first-order valence-corrected chi connectivity index (χ1v) is 6.91. The van der Waals surface area contributed by atoms with Crippen molar-refractivity contribution in [2.45, 2.75) is 26.2 Å². The number of hydrogen-bond donors (Lipinski definition) is 3. The van der Waals surface area contributed by atoms with E-state index >= 15 is 0 Å². The van der Waals surface area contributed by atoms with Crippen LogP contribution in [0.4, 0.5) is 5.69 Å². The molecule has 1 amide bonds. The Morgan fingerprint density at radius 3 is 2.55 bits per heavy atom. The minimum Gasteiger partial charge on any atom is -0.409 e. The Kier molecular flexibility index (Phi) is 4.11. The van der Waals surface area contributed by atoms with Gasteiger partial charge in [-0.25, -0.2) is 0 Å². The smallest absolute Gasteiger partial charge is 0.238 e. The second kappa shape index (κ2) is 5.50. The molecule has 7 heteroatoms. The molecule has 5 nitrogen and oxygen atoms in total. The maximum absolute atomic E-state index is 12.4. The number of nitrogens with two attached hydrogens (primary N) is 1. The molecule has 1 aromatic carbocycles. The van der Waals surface area contributed by atoms with Gasteiger partial charge in [-0.15, -0.1) is 0 Å². The first-order chi connectivity index (χ1) is 9.40. The molecule has 0 saturated heterocycles. The molecule has 1 aliphatic rings. The first kappa shape index (κ1) is 14.9. The highest BCUT2D eigenvalue weighted by Gasteiger charge is 2.48. The molecule has 1 saturated carbocycles. The lowest BCUT2D eigenvalue weighted by atomic mass is 9.67. The minimum atomic E-state index is -0.949. The highest BCUT2D eigenvalue weighted by Crippen LogP contribution is 2.42. The summed E-state index contributed by atoms with van der Waals surface area (Å²) in [5.41, 5.74) is 5.94. The minimum absolute atomic E-state index is 0.0735. The number of nitrogens with one attached hydrogen (secondary N) is 1. The van der Waals surface area contributed by atoms with Crippen LogP contribution in [0.2, 0.25) is 10.0 Å². The number of benzene rings is 1. The van der Waals surface area contributed by atoms with Crippen molar-refractivity contribution in [3.63, 3.8) is 0 Å². The number of amidine groups is 1. The average Bonchev–Trinajstić information content (AvgIpc) is 2.34. The van der Waals surface area contributed by atoms with E-state index in [1.807, 2.05) is 6.92 Å². The normalized spacial score (nSPS) is 17.4. The first-order valence-electron chi connectivity index (χ1n) is 6.16. The molecule has 0 aromatic heterocycles. The third-order valence-electron chi connectivity index (χ3n) is 3.74. The second-order valence-corrected chi connectivity index (χ2v) is 5.77. The van der Waals surface area contributed by atoms with Crippen LogP contribution < -0.4 is 11.1 Å². The van der Waals surface area contributed by atoms with E-state index in [4.69, 9.17) is 34.1 Å². The Hall–Kier alpha value is -1.46. The van der Waals surface area contributed by atoms with Gasteiger partial charge in [0.05, 0.1) is 10.7 Å². The molecule has 0 aliphatic heterocycles. The van der Waals surface area contributed by atoms with Crippen LogP contribution in [-0.2, 0) is 4.79 Å². The largest absolute Gasteiger partial charge is 0.409 e. The number of halogens is 2. The van der Waals surface area contributed by atoms with E-state index in [0.717, 1.165) is 12.0 Å². The molecule has 1 fully saturated rings. The van der Waals surface area contributed by atoms with Crippen molar-refractivity contribution in [2.24, 2.45) is 16.3 Å². The van der Waals surface area contributed by atoms with E-state index in [0.29, 0.717) is 28.6 Å². The molecular formula is C13H15Cl2N3O2. The number of carbonyl (C=O) groups excluding carboxylic acids is 1. The maximum atomic E-state index is 12.4. The number of amides is 1. The van der Waals surface area contributed by atoms with Crippen LogP contribution in [0.15, 0.2) is 17.3 Å². The number of nitrogens with zero attached hydrogens (tertiary/aromatic N) is 1. The number of oxime groups is 1. The van der Waals surface area contributed by atoms with Gasteiger partial charge in [0, 0.05) is 5.02 Å². The molecule has 108 valence electrons. The topological polar surface area (TPSA) is 87.7 Å². The van der Waals surface area contributed by atoms with E-state index in [-0.39, 0.29) is 11.7 Å². The van der Waals surface area contributed by atoms with Gasteiger partial charge in [0.25, 0.3) is 0 Å². The Morgan fingerprint density at radius 2 is 2.05 bits per heavy atom. The zero-order chi connectivity index (χ0) is 14.9. The summed E-state index contributed by atoms with van der Waals surface area (Å²) < 4.78 is 0. The van der Waals surface area contributed by atoms with Crippen molar-refractivity contribution in [2.75, 3.05) is 5.32 Å². The van der Waals surface area contributed by atoms with Crippen molar-refractivity contribution in [3.8, 4) is 0 Å². The van der Waals surface area contributed by atoms with Crippen LogP contribution in [-0.4, -0.2) is 17.0 Å². The zero-order valence-electron chi connectivity index (χ0n) is 10.9. The fourth-order valence-corrected chi connectivity index (χ4v) is 2.64. The third kappa shape index (κ3) is 2.43.